The topological polar surface area (TPSA) is 12.0 Å². The van der Waals surface area contributed by atoms with E-state index >= 15 is 0 Å². The van der Waals surface area contributed by atoms with E-state index in [-0.39, 0.29) is 0 Å². The molecule has 98 valence electrons. The Labute approximate surface area is 115 Å². The summed E-state index contributed by atoms with van der Waals surface area (Å²) in [6, 6.07) is 8.53. The van der Waals surface area contributed by atoms with Crippen molar-refractivity contribution in [3.63, 3.8) is 0 Å². The second-order valence-corrected chi connectivity index (χ2v) is 6.30. The van der Waals surface area contributed by atoms with Crippen molar-refractivity contribution >= 4 is 11.6 Å². The highest BCUT2D eigenvalue weighted by molar-refractivity contribution is 6.30. The van der Waals surface area contributed by atoms with Crippen LogP contribution in [0.4, 0.5) is 0 Å². The van der Waals surface area contributed by atoms with Crippen molar-refractivity contribution in [1.29, 1.82) is 0 Å². The molecule has 3 rings (SSSR count). The van der Waals surface area contributed by atoms with E-state index in [4.69, 9.17) is 11.6 Å². The maximum atomic E-state index is 6.16. The Kier molecular flexibility index (Phi) is 3.91. The minimum absolute atomic E-state index is 0.716. The molecule has 18 heavy (non-hydrogen) atoms. The Morgan fingerprint density at radius 3 is 2.72 bits per heavy atom. The number of piperidine rings is 1. The zero-order valence-corrected chi connectivity index (χ0v) is 11.6. The lowest BCUT2D eigenvalue weighted by molar-refractivity contribution is 0.231. The molecule has 0 aromatic heterocycles. The number of nitrogens with one attached hydrogen (secondary N) is 1. The Hall–Kier alpha value is -0.530. The van der Waals surface area contributed by atoms with Crippen LogP contribution in [0, 0.1) is 11.8 Å². The molecule has 1 saturated carbocycles. The average Bonchev–Trinajstić information content (AvgIpc) is 2.92. The van der Waals surface area contributed by atoms with Gasteiger partial charge in [0.05, 0.1) is 0 Å². The smallest absolute Gasteiger partial charge is 0.0408 e. The summed E-state index contributed by atoms with van der Waals surface area (Å²) in [4.78, 5) is 0. The molecule has 0 bridgehead atoms. The highest BCUT2D eigenvalue weighted by Crippen LogP contribution is 2.42. The first-order valence-corrected chi connectivity index (χ1v) is 7.68. The lowest BCUT2D eigenvalue weighted by Crippen LogP contribution is -2.38. The zero-order chi connectivity index (χ0) is 12.4. The van der Waals surface area contributed by atoms with Crippen molar-refractivity contribution in [1.82, 2.24) is 5.32 Å². The van der Waals surface area contributed by atoms with E-state index in [1.54, 1.807) is 0 Å². The molecule has 1 aliphatic heterocycles. The van der Waals surface area contributed by atoms with Gasteiger partial charge in [0.25, 0.3) is 0 Å². The van der Waals surface area contributed by atoms with E-state index in [0.717, 1.165) is 23.4 Å². The van der Waals surface area contributed by atoms with E-state index in [1.807, 2.05) is 6.07 Å². The molecule has 1 aromatic rings. The molecule has 2 heteroatoms. The normalized spacial score (nSPS) is 29.6. The largest absolute Gasteiger partial charge is 0.316 e. The van der Waals surface area contributed by atoms with Gasteiger partial charge in [0.15, 0.2) is 0 Å². The van der Waals surface area contributed by atoms with Gasteiger partial charge in [-0.2, -0.15) is 0 Å². The van der Waals surface area contributed by atoms with Gasteiger partial charge in [0.1, 0.15) is 0 Å². The first kappa shape index (κ1) is 12.5. The lowest BCUT2D eigenvalue weighted by atomic mass is 9.74. The van der Waals surface area contributed by atoms with Gasteiger partial charge >= 0.3 is 0 Å². The lowest BCUT2D eigenvalue weighted by Gasteiger charge is -2.36. The third-order valence-corrected chi connectivity index (χ3v) is 5.05. The highest BCUT2D eigenvalue weighted by Gasteiger charge is 2.33. The van der Waals surface area contributed by atoms with Gasteiger partial charge in [0.2, 0.25) is 0 Å². The predicted molar refractivity (Wildman–Crippen MR) is 77.1 cm³/mol. The number of benzene rings is 1. The van der Waals surface area contributed by atoms with Crippen molar-refractivity contribution in [2.24, 2.45) is 11.8 Å². The number of hydrogen-bond donors (Lipinski definition) is 1. The second-order valence-electron chi connectivity index (χ2n) is 5.86. The van der Waals surface area contributed by atoms with Crippen LogP contribution in [0.2, 0.25) is 5.02 Å². The van der Waals surface area contributed by atoms with E-state index in [1.165, 1.54) is 44.2 Å². The summed E-state index contributed by atoms with van der Waals surface area (Å²) in [7, 11) is 0. The molecule has 2 aliphatic rings. The first-order chi connectivity index (χ1) is 8.84. The Balaban J connectivity index is 1.82. The van der Waals surface area contributed by atoms with Gasteiger partial charge in [-0.15, -0.1) is 0 Å². The quantitative estimate of drug-likeness (QED) is 0.842. The van der Waals surface area contributed by atoms with Gasteiger partial charge in [-0.1, -0.05) is 49.4 Å². The standard InChI is InChI=1S/C16H22ClN/c17-14-7-3-6-13(10-14)15-8-9-18-11-16(15)12-4-1-2-5-12/h3,6-7,10,12,15-16,18H,1-2,4-5,8-9,11H2. The number of hydrogen-bond acceptors (Lipinski definition) is 1. The minimum Gasteiger partial charge on any atom is -0.316 e. The summed E-state index contributed by atoms with van der Waals surface area (Å²) in [5, 5.41) is 4.48. The van der Waals surface area contributed by atoms with Crippen LogP contribution in [-0.4, -0.2) is 13.1 Å². The highest BCUT2D eigenvalue weighted by atomic mass is 35.5. The first-order valence-electron chi connectivity index (χ1n) is 7.31. The van der Waals surface area contributed by atoms with E-state index in [2.05, 4.69) is 23.5 Å². The van der Waals surface area contributed by atoms with Gasteiger partial charge in [-0.05, 0) is 55.0 Å². The second kappa shape index (κ2) is 5.63. The molecule has 2 atom stereocenters. The minimum atomic E-state index is 0.716. The fourth-order valence-corrected chi connectivity index (χ4v) is 4.11. The maximum Gasteiger partial charge on any atom is 0.0408 e. The summed E-state index contributed by atoms with van der Waals surface area (Å²) in [6.07, 6.45) is 7.00. The van der Waals surface area contributed by atoms with E-state index in [0.29, 0.717) is 5.92 Å². The van der Waals surface area contributed by atoms with Crippen LogP contribution in [-0.2, 0) is 0 Å². The van der Waals surface area contributed by atoms with Crippen molar-refractivity contribution in [3.8, 4) is 0 Å². The Morgan fingerprint density at radius 2 is 1.94 bits per heavy atom. The van der Waals surface area contributed by atoms with Crippen LogP contribution in [0.3, 0.4) is 0 Å². The van der Waals surface area contributed by atoms with Crippen molar-refractivity contribution in [3.05, 3.63) is 34.9 Å². The van der Waals surface area contributed by atoms with Crippen LogP contribution >= 0.6 is 11.6 Å². The van der Waals surface area contributed by atoms with Crippen molar-refractivity contribution in [2.45, 2.75) is 38.0 Å². The Morgan fingerprint density at radius 1 is 1.11 bits per heavy atom. The molecular formula is C16H22ClN. The van der Waals surface area contributed by atoms with Gasteiger partial charge < -0.3 is 5.32 Å². The monoisotopic (exact) mass is 263 g/mol. The van der Waals surface area contributed by atoms with Crippen molar-refractivity contribution < 1.29 is 0 Å². The van der Waals surface area contributed by atoms with Crippen LogP contribution in [0.15, 0.2) is 24.3 Å². The molecule has 2 unspecified atom stereocenters. The molecular weight excluding hydrogens is 242 g/mol. The van der Waals surface area contributed by atoms with Crippen LogP contribution < -0.4 is 5.32 Å². The third-order valence-electron chi connectivity index (χ3n) is 4.81. The van der Waals surface area contributed by atoms with Gasteiger partial charge in [-0.3, -0.25) is 0 Å². The average molecular weight is 264 g/mol. The molecule has 1 aliphatic carbocycles. The summed E-state index contributed by atoms with van der Waals surface area (Å²) in [6.45, 7) is 2.35. The fraction of sp³-hybridized carbons (Fsp3) is 0.625. The molecule has 1 heterocycles. The van der Waals surface area contributed by atoms with Gasteiger partial charge in [0, 0.05) is 5.02 Å². The molecule has 1 nitrogen and oxygen atoms in total. The van der Waals surface area contributed by atoms with Crippen LogP contribution in [0.5, 0.6) is 0 Å². The summed E-state index contributed by atoms with van der Waals surface area (Å²) >= 11 is 6.16. The molecule has 0 amide bonds. The molecule has 1 N–H and O–H groups in total. The van der Waals surface area contributed by atoms with Crippen molar-refractivity contribution in [2.75, 3.05) is 13.1 Å². The van der Waals surface area contributed by atoms with E-state index < -0.39 is 0 Å². The molecule has 1 aromatic carbocycles. The summed E-state index contributed by atoms with van der Waals surface area (Å²) in [5.74, 6) is 2.47. The molecule has 0 spiro atoms. The van der Waals surface area contributed by atoms with Gasteiger partial charge in [-0.25, -0.2) is 0 Å². The summed E-state index contributed by atoms with van der Waals surface area (Å²) in [5.41, 5.74) is 1.46. The summed E-state index contributed by atoms with van der Waals surface area (Å²) < 4.78 is 0. The zero-order valence-electron chi connectivity index (χ0n) is 10.9. The fourth-order valence-electron chi connectivity index (χ4n) is 3.91. The van der Waals surface area contributed by atoms with Crippen LogP contribution in [0.25, 0.3) is 0 Å². The molecule has 1 saturated heterocycles. The third kappa shape index (κ3) is 2.57. The predicted octanol–water partition coefficient (Wildman–Crippen LogP) is 4.22. The molecule has 2 fully saturated rings. The maximum absolute atomic E-state index is 6.16. The SMILES string of the molecule is Clc1cccc(C2CCNCC2C2CCCC2)c1. The number of rotatable bonds is 2. The molecule has 0 radical (unpaired) electrons. The number of halogens is 1. The van der Waals surface area contributed by atoms with Crippen LogP contribution in [0.1, 0.15) is 43.6 Å². The van der Waals surface area contributed by atoms with E-state index in [9.17, 15) is 0 Å². The Bertz CT molecular complexity index is 398.